The third kappa shape index (κ3) is 3.19. The van der Waals surface area contributed by atoms with E-state index < -0.39 is 23.7 Å². The quantitative estimate of drug-likeness (QED) is 0.680. The number of barbiturate groups is 1. The van der Waals surface area contributed by atoms with Crippen LogP contribution in [0.5, 0.6) is 0 Å². The third-order valence-corrected chi connectivity index (χ3v) is 3.92. The average molecular weight is 353 g/mol. The lowest BCUT2D eigenvalue weighted by Gasteiger charge is -2.26. The van der Waals surface area contributed by atoms with Crippen molar-refractivity contribution in [3.8, 4) is 0 Å². The van der Waals surface area contributed by atoms with Gasteiger partial charge in [-0.3, -0.25) is 14.9 Å². The van der Waals surface area contributed by atoms with E-state index in [4.69, 9.17) is 0 Å². The minimum absolute atomic E-state index is 0.212. The van der Waals surface area contributed by atoms with Gasteiger partial charge in [0.1, 0.15) is 11.4 Å². The number of nitrogens with one attached hydrogen (secondary N) is 1. The van der Waals surface area contributed by atoms with Gasteiger partial charge in [0.25, 0.3) is 11.8 Å². The number of amides is 4. The fraction of sp³-hybridized carbons (Fsp3) is 0.105. The standard InChI is InChI=1S/C19H16FN3O3/c1-22(2)13-9-7-12(8-10-13)11-14-17(24)21-19(26)23(18(14)25)16-6-4-3-5-15(16)20/h3-11H,1-2H3,(H,21,24,26)/b14-11-. The van der Waals surface area contributed by atoms with Crippen molar-refractivity contribution in [3.05, 3.63) is 65.5 Å². The van der Waals surface area contributed by atoms with Crippen molar-refractivity contribution < 1.29 is 18.8 Å². The number of benzene rings is 2. The molecule has 0 aromatic heterocycles. The molecule has 0 atom stereocenters. The van der Waals surface area contributed by atoms with Crippen LogP contribution in [-0.4, -0.2) is 31.9 Å². The van der Waals surface area contributed by atoms with Crippen molar-refractivity contribution in [1.82, 2.24) is 5.32 Å². The second kappa shape index (κ2) is 6.79. The summed E-state index contributed by atoms with van der Waals surface area (Å²) in [6.45, 7) is 0. The topological polar surface area (TPSA) is 69.7 Å². The minimum Gasteiger partial charge on any atom is -0.378 e. The number of carbonyl (C=O) groups excluding carboxylic acids is 3. The number of anilines is 2. The summed E-state index contributed by atoms with van der Waals surface area (Å²) in [5.74, 6) is -2.43. The Morgan fingerprint density at radius 2 is 1.65 bits per heavy atom. The molecule has 7 heteroatoms. The number of imide groups is 2. The predicted molar refractivity (Wildman–Crippen MR) is 96.2 cm³/mol. The maximum Gasteiger partial charge on any atom is 0.336 e. The number of hydrogen-bond acceptors (Lipinski definition) is 4. The molecule has 132 valence electrons. The first kappa shape index (κ1) is 17.3. The van der Waals surface area contributed by atoms with Gasteiger partial charge >= 0.3 is 6.03 Å². The first-order valence-electron chi connectivity index (χ1n) is 7.82. The van der Waals surface area contributed by atoms with Gasteiger partial charge in [-0.05, 0) is 35.9 Å². The molecule has 0 spiro atoms. The monoisotopic (exact) mass is 353 g/mol. The lowest BCUT2D eigenvalue weighted by Crippen LogP contribution is -2.54. The van der Waals surface area contributed by atoms with E-state index in [2.05, 4.69) is 5.32 Å². The van der Waals surface area contributed by atoms with Gasteiger partial charge in [-0.25, -0.2) is 14.1 Å². The van der Waals surface area contributed by atoms with Crippen molar-refractivity contribution in [1.29, 1.82) is 0 Å². The summed E-state index contributed by atoms with van der Waals surface area (Å²) in [6.07, 6.45) is 1.37. The van der Waals surface area contributed by atoms with Crippen molar-refractivity contribution in [2.24, 2.45) is 0 Å². The van der Waals surface area contributed by atoms with Crippen LogP contribution in [0.1, 0.15) is 5.56 Å². The number of nitrogens with zero attached hydrogens (tertiary/aromatic N) is 2. The molecule has 0 saturated carbocycles. The molecule has 4 amide bonds. The highest BCUT2D eigenvalue weighted by molar-refractivity contribution is 6.39. The van der Waals surface area contributed by atoms with E-state index in [9.17, 15) is 18.8 Å². The lowest BCUT2D eigenvalue weighted by atomic mass is 10.1. The summed E-state index contributed by atoms with van der Waals surface area (Å²) in [7, 11) is 3.78. The molecule has 0 bridgehead atoms. The van der Waals surface area contributed by atoms with Gasteiger partial charge in [-0.1, -0.05) is 24.3 Å². The minimum atomic E-state index is -0.981. The van der Waals surface area contributed by atoms with Gasteiger partial charge in [-0.15, -0.1) is 0 Å². The first-order chi connectivity index (χ1) is 12.4. The summed E-state index contributed by atoms with van der Waals surface area (Å²) in [5, 5.41) is 2.07. The van der Waals surface area contributed by atoms with Crippen LogP contribution in [-0.2, 0) is 9.59 Å². The molecule has 1 aliphatic rings. The Labute approximate surface area is 149 Å². The van der Waals surface area contributed by atoms with Crippen molar-refractivity contribution >= 4 is 35.3 Å². The van der Waals surface area contributed by atoms with Crippen LogP contribution in [0, 0.1) is 5.82 Å². The molecule has 1 saturated heterocycles. The highest BCUT2D eigenvalue weighted by Gasteiger charge is 2.37. The Hall–Kier alpha value is -3.48. The molecule has 0 aliphatic carbocycles. The van der Waals surface area contributed by atoms with Crippen molar-refractivity contribution in [3.63, 3.8) is 0 Å². The van der Waals surface area contributed by atoms with Crippen LogP contribution < -0.4 is 15.1 Å². The van der Waals surface area contributed by atoms with E-state index in [1.165, 1.54) is 24.3 Å². The lowest BCUT2D eigenvalue weighted by molar-refractivity contribution is -0.122. The van der Waals surface area contributed by atoms with E-state index in [1.54, 1.807) is 12.1 Å². The number of rotatable bonds is 3. The summed E-state index contributed by atoms with van der Waals surface area (Å²) in [5.41, 5.74) is 1.11. The summed E-state index contributed by atoms with van der Waals surface area (Å²) in [6, 6.07) is 11.5. The van der Waals surface area contributed by atoms with Gasteiger partial charge in [0, 0.05) is 19.8 Å². The van der Waals surface area contributed by atoms with Gasteiger partial charge in [0.2, 0.25) is 0 Å². The molecule has 3 rings (SSSR count). The molecular formula is C19H16FN3O3. The van der Waals surface area contributed by atoms with E-state index in [0.29, 0.717) is 10.5 Å². The molecular weight excluding hydrogens is 337 g/mol. The molecule has 1 aliphatic heterocycles. The van der Waals surface area contributed by atoms with E-state index in [-0.39, 0.29) is 11.3 Å². The maximum atomic E-state index is 14.0. The number of hydrogen-bond donors (Lipinski definition) is 1. The summed E-state index contributed by atoms with van der Waals surface area (Å²) in [4.78, 5) is 39.4. The Morgan fingerprint density at radius 3 is 2.27 bits per heavy atom. The van der Waals surface area contributed by atoms with Crippen molar-refractivity contribution in [2.75, 3.05) is 23.9 Å². The van der Waals surface area contributed by atoms with Gasteiger partial charge in [0.15, 0.2) is 0 Å². The smallest absolute Gasteiger partial charge is 0.336 e. The van der Waals surface area contributed by atoms with Crippen molar-refractivity contribution in [2.45, 2.75) is 0 Å². The van der Waals surface area contributed by atoms with Crippen LogP contribution in [0.25, 0.3) is 6.08 Å². The van der Waals surface area contributed by atoms with Gasteiger partial charge in [-0.2, -0.15) is 0 Å². The Kier molecular flexibility index (Phi) is 4.53. The van der Waals surface area contributed by atoms with Crippen LogP contribution in [0.2, 0.25) is 0 Å². The van der Waals surface area contributed by atoms with Crippen LogP contribution in [0.4, 0.5) is 20.6 Å². The van der Waals surface area contributed by atoms with E-state index in [1.807, 2.05) is 31.1 Å². The third-order valence-electron chi connectivity index (χ3n) is 3.92. The zero-order chi connectivity index (χ0) is 18.8. The second-order valence-corrected chi connectivity index (χ2v) is 5.90. The average Bonchev–Trinajstić information content (AvgIpc) is 2.60. The fourth-order valence-electron chi connectivity index (χ4n) is 2.54. The molecule has 26 heavy (non-hydrogen) atoms. The SMILES string of the molecule is CN(C)c1ccc(/C=C2/C(=O)NC(=O)N(c3ccccc3F)C2=O)cc1. The first-order valence-corrected chi connectivity index (χ1v) is 7.82. The molecule has 0 unspecified atom stereocenters. The highest BCUT2D eigenvalue weighted by atomic mass is 19.1. The largest absolute Gasteiger partial charge is 0.378 e. The predicted octanol–water partition coefficient (Wildman–Crippen LogP) is 2.56. The Balaban J connectivity index is 1.99. The van der Waals surface area contributed by atoms with E-state index >= 15 is 0 Å². The number of halogens is 1. The van der Waals surface area contributed by atoms with E-state index in [0.717, 1.165) is 11.8 Å². The Morgan fingerprint density at radius 1 is 1.00 bits per heavy atom. The zero-order valence-electron chi connectivity index (χ0n) is 14.2. The number of carbonyl (C=O) groups is 3. The fourth-order valence-corrected chi connectivity index (χ4v) is 2.54. The maximum absolute atomic E-state index is 14.0. The molecule has 1 heterocycles. The second-order valence-electron chi connectivity index (χ2n) is 5.90. The van der Waals surface area contributed by atoms with Gasteiger partial charge in [0.05, 0.1) is 5.69 Å². The number of urea groups is 1. The van der Waals surface area contributed by atoms with Crippen LogP contribution in [0.3, 0.4) is 0 Å². The number of para-hydroxylation sites is 1. The molecule has 2 aromatic carbocycles. The van der Waals surface area contributed by atoms with Gasteiger partial charge < -0.3 is 4.90 Å². The normalized spacial score (nSPS) is 16.0. The molecule has 1 N–H and O–H groups in total. The van der Waals surface area contributed by atoms with Crippen LogP contribution in [0.15, 0.2) is 54.1 Å². The molecule has 6 nitrogen and oxygen atoms in total. The highest BCUT2D eigenvalue weighted by Crippen LogP contribution is 2.24. The zero-order valence-corrected chi connectivity index (χ0v) is 14.2. The Bertz CT molecular complexity index is 920. The van der Waals surface area contributed by atoms with Crippen LogP contribution >= 0.6 is 0 Å². The summed E-state index contributed by atoms with van der Waals surface area (Å²) < 4.78 is 14.0. The molecule has 0 radical (unpaired) electrons. The molecule has 2 aromatic rings. The summed E-state index contributed by atoms with van der Waals surface area (Å²) >= 11 is 0. The molecule has 1 fully saturated rings.